The second-order valence-corrected chi connectivity index (χ2v) is 9.72. The number of likely N-dealkylation sites (N-methyl/N-ethyl adjacent to an activating group) is 1. The third-order valence-electron chi connectivity index (χ3n) is 6.93. The Kier molecular flexibility index (Phi) is 9.85. The first kappa shape index (κ1) is 29.5. The second-order valence-electron chi connectivity index (χ2n) is 9.72. The van der Waals surface area contributed by atoms with E-state index in [1.54, 1.807) is 36.2 Å². The van der Waals surface area contributed by atoms with Crippen LogP contribution in [0.25, 0.3) is 0 Å². The number of carbonyl (C=O) groups excluding carboxylic acids is 4. The zero-order valence-electron chi connectivity index (χ0n) is 23.3. The first-order chi connectivity index (χ1) is 19.8. The summed E-state index contributed by atoms with van der Waals surface area (Å²) in [5.41, 5.74) is 0.877. The number of piperazine rings is 1. The van der Waals surface area contributed by atoms with E-state index < -0.39 is 24.3 Å². The maximum atomic E-state index is 13.7. The Morgan fingerprint density at radius 1 is 1.17 bits per heavy atom. The smallest absolute Gasteiger partial charge is 0.407 e. The molecule has 4 rings (SSSR count). The topological polar surface area (TPSA) is 137 Å². The molecule has 2 N–H and O–H groups in total. The fourth-order valence-electron chi connectivity index (χ4n) is 4.99. The van der Waals surface area contributed by atoms with Gasteiger partial charge in [-0.05, 0) is 42.7 Å². The lowest BCUT2D eigenvalue weighted by atomic mass is 10.0. The van der Waals surface area contributed by atoms with Gasteiger partial charge in [-0.15, -0.1) is 0 Å². The highest BCUT2D eigenvalue weighted by Gasteiger charge is 2.50. The summed E-state index contributed by atoms with van der Waals surface area (Å²) >= 11 is 0. The molecule has 13 nitrogen and oxygen atoms in total. The van der Waals surface area contributed by atoms with E-state index in [2.05, 4.69) is 17.2 Å². The number of hydrogen-bond acceptors (Lipinski definition) is 8. The highest BCUT2D eigenvalue weighted by atomic mass is 16.5. The number of urea groups is 1. The molecule has 1 aromatic heterocycles. The molecule has 41 heavy (non-hydrogen) atoms. The van der Waals surface area contributed by atoms with Gasteiger partial charge in [0.2, 0.25) is 11.8 Å². The lowest BCUT2D eigenvalue weighted by Crippen LogP contribution is -2.75. The molecule has 2 atom stereocenters. The van der Waals surface area contributed by atoms with Crippen LogP contribution >= 0.6 is 0 Å². The van der Waals surface area contributed by atoms with E-state index in [9.17, 15) is 19.2 Å². The molecule has 5 amide bonds. The van der Waals surface area contributed by atoms with E-state index in [-0.39, 0.29) is 57.6 Å². The summed E-state index contributed by atoms with van der Waals surface area (Å²) in [6, 6.07) is 9.62. The van der Waals surface area contributed by atoms with Gasteiger partial charge in [0.05, 0.1) is 33.0 Å². The Hall–Kier alpha value is -4.52. The molecule has 3 heterocycles. The fraction of sp³-hybridized carbons (Fsp3) is 0.429. The van der Waals surface area contributed by atoms with E-state index in [1.807, 2.05) is 24.3 Å². The number of nitrogens with one attached hydrogen (secondary N) is 2. The molecular weight excluding hydrogens is 532 g/mol. The maximum absolute atomic E-state index is 13.7. The predicted molar refractivity (Wildman–Crippen MR) is 147 cm³/mol. The molecule has 0 aliphatic carbocycles. The van der Waals surface area contributed by atoms with Crippen molar-refractivity contribution in [2.24, 2.45) is 0 Å². The second kappa shape index (κ2) is 13.7. The number of furan rings is 1. The number of alkyl carbamates (subject to hydrolysis) is 1. The van der Waals surface area contributed by atoms with Crippen LogP contribution in [0.15, 0.2) is 59.7 Å². The molecule has 220 valence electrons. The predicted octanol–water partition coefficient (Wildman–Crippen LogP) is 1.92. The number of nitrogens with zero attached hydrogens (tertiary/aromatic N) is 4. The molecule has 0 unspecified atom stereocenters. The number of ether oxygens (including phenoxy) is 2. The van der Waals surface area contributed by atoms with Crippen molar-refractivity contribution in [2.45, 2.75) is 38.1 Å². The van der Waals surface area contributed by atoms with Gasteiger partial charge >= 0.3 is 12.1 Å². The van der Waals surface area contributed by atoms with Gasteiger partial charge in [0.15, 0.2) is 0 Å². The van der Waals surface area contributed by atoms with Crippen molar-refractivity contribution in [1.29, 1.82) is 0 Å². The molecule has 2 aliphatic heterocycles. The summed E-state index contributed by atoms with van der Waals surface area (Å²) in [5, 5.41) is 8.62. The van der Waals surface area contributed by atoms with Crippen molar-refractivity contribution in [2.75, 3.05) is 40.4 Å². The molecule has 0 radical (unpaired) electrons. The quantitative estimate of drug-likeness (QED) is 0.310. The number of benzene rings is 1. The molecule has 2 fully saturated rings. The number of methoxy groups -OCH3 is 1. The fourth-order valence-corrected chi connectivity index (χ4v) is 4.99. The van der Waals surface area contributed by atoms with Crippen molar-refractivity contribution in [1.82, 2.24) is 30.5 Å². The summed E-state index contributed by atoms with van der Waals surface area (Å²) in [5.74, 6) is 0.793. The van der Waals surface area contributed by atoms with Crippen LogP contribution in [0.2, 0.25) is 0 Å². The van der Waals surface area contributed by atoms with E-state index in [0.717, 1.165) is 5.56 Å². The highest BCUT2D eigenvalue weighted by Crippen LogP contribution is 2.29. The van der Waals surface area contributed by atoms with Gasteiger partial charge < -0.3 is 34.3 Å². The standard InChI is InChI=1S/C28H36N6O7/c1-4-14-41-28(38)29-13-5-8-23-26(36)32(17-22-7-6-15-40-22)18-24-33(23)25(35)19-31(2)34(24)27(37)30-16-20-9-11-21(39-3)12-10-20/h4,6-7,9-12,15,23-24H,1,5,8,13-14,16-19H2,2-3H3,(H,29,38)(H,30,37)/t23-,24-/m0/s1. The van der Waals surface area contributed by atoms with E-state index in [1.165, 1.54) is 22.2 Å². The zero-order chi connectivity index (χ0) is 29.4. The van der Waals surface area contributed by atoms with Crippen LogP contribution < -0.4 is 15.4 Å². The largest absolute Gasteiger partial charge is 0.497 e. The minimum absolute atomic E-state index is 0.0689. The lowest BCUT2D eigenvalue weighted by Gasteiger charge is -2.54. The number of hydrogen-bond donors (Lipinski definition) is 2. The summed E-state index contributed by atoms with van der Waals surface area (Å²) in [7, 11) is 3.26. The molecule has 2 saturated heterocycles. The monoisotopic (exact) mass is 568 g/mol. The normalized spacial score (nSPS) is 19.0. The van der Waals surface area contributed by atoms with Gasteiger partial charge in [0, 0.05) is 20.1 Å². The van der Waals surface area contributed by atoms with Crippen LogP contribution in [-0.4, -0.2) is 96.4 Å². The van der Waals surface area contributed by atoms with Gasteiger partial charge in [-0.25, -0.2) is 19.6 Å². The summed E-state index contributed by atoms with van der Waals surface area (Å²) in [6.07, 6.45) is 2.35. The number of amides is 5. The summed E-state index contributed by atoms with van der Waals surface area (Å²) in [4.78, 5) is 55.4. The Morgan fingerprint density at radius 3 is 2.63 bits per heavy atom. The van der Waals surface area contributed by atoms with Crippen molar-refractivity contribution in [3.05, 3.63) is 66.6 Å². The Balaban J connectivity index is 1.50. The van der Waals surface area contributed by atoms with Gasteiger partial charge in [0.25, 0.3) is 0 Å². The summed E-state index contributed by atoms with van der Waals surface area (Å²) in [6.45, 7) is 4.33. The van der Waals surface area contributed by atoms with Crippen LogP contribution in [0.1, 0.15) is 24.2 Å². The number of hydrazine groups is 1. The minimum Gasteiger partial charge on any atom is -0.497 e. The van der Waals surface area contributed by atoms with E-state index in [0.29, 0.717) is 17.9 Å². The first-order valence-electron chi connectivity index (χ1n) is 13.4. The van der Waals surface area contributed by atoms with Crippen LogP contribution in [0, 0.1) is 0 Å². The SMILES string of the molecule is C=CCOC(=O)NCCC[C@H]1C(=O)N(Cc2ccco2)C[C@H]2N1C(=O)CN(C)N2C(=O)NCc1ccc(OC)cc1. The maximum Gasteiger partial charge on any atom is 0.407 e. The van der Waals surface area contributed by atoms with Crippen molar-refractivity contribution in [3.63, 3.8) is 0 Å². The number of rotatable bonds is 11. The molecule has 0 spiro atoms. The van der Waals surface area contributed by atoms with Gasteiger partial charge in [0.1, 0.15) is 30.3 Å². The van der Waals surface area contributed by atoms with Gasteiger partial charge in [-0.2, -0.15) is 0 Å². The van der Waals surface area contributed by atoms with Crippen LogP contribution in [-0.2, 0) is 27.4 Å². The van der Waals surface area contributed by atoms with Gasteiger partial charge in [-0.1, -0.05) is 24.8 Å². The van der Waals surface area contributed by atoms with E-state index >= 15 is 0 Å². The molecule has 0 bridgehead atoms. The van der Waals surface area contributed by atoms with Crippen molar-refractivity contribution >= 4 is 23.9 Å². The Morgan fingerprint density at radius 2 is 1.95 bits per heavy atom. The molecule has 0 saturated carbocycles. The number of fused-ring (bicyclic) bond motifs is 1. The Bertz CT molecular complexity index is 1220. The van der Waals surface area contributed by atoms with Gasteiger partial charge in [-0.3, -0.25) is 9.59 Å². The lowest BCUT2D eigenvalue weighted by molar-refractivity contribution is -0.188. The Labute approximate surface area is 238 Å². The molecule has 2 aliphatic rings. The van der Waals surface area contributed by atoms with Crippen molar-refractivity contribution < 1.29 is 33.1 Å². The minimum atomic E-state index is -0.826. The zero-order valence-corrected chi connectivity index (χ0v) is 23.3. The van der Waals surface area contributed by atoms with Crippen molar-refractivity contribution in [3.8, 4) is 5.75 Å². The summed E-state index contributed by atoms with van der Waals surface area (Å²) < 4.78 is 15.6. The molecule has 2 aromatic rings. The highest BCUT2D eigenvalue weighted by molar-refractivity contribution is 5.91. The third-order valence-corrected chi connectivity index (χ3v) is 6.93. The van der Waals surface area contributed by atoms with E-state index in [4.69, 9.17) is 13.9 Å². The average Bonchev–Trinajstić information content (AvgIpc) is 3.48. The molecular formula is C28H36N6O7. The third kappa shape index (κ3) is 7.17. The average molecular weight is 569 g/mol. The molecule has 13 heteroatoms. The van der Waals surface area contributed by atoms with Crippen LogP contribution in [0.5, 0.6) is 5.75 Å². The first-order valence-corrected chi connectivity index (χ1v) is 13.4. The van der Waals surface area contributed by atoms with Crippen LogP contribution in [0.4, 0.5) is 9.59 Å². The molecule has 1 aromatic carbocycles. The van der Waals surface area contributed by atoms with Crippen LogP contribution in [0.3, 0.4) is 0 Å². The number of carbonyl (C=O) groups is 4.